The number of fused-ring (bicyclic) bond motifs is 1. The molecular weight excluding hydrogens is 489 g/mol. The molecule has 3 heterocycles. The molecule has 3 amide bonds. The zero-order valence-corrected chi connectivity index (χ0v) is 20.9. The monoisotopic (exact) mass is 517 g/mol. The van der Waals surface area contributed by atoms with Crippen molar-refractivity contribution in [3.63, 3.8) is 0 Å². The number of halogens is 2. The molecule has 3 aliphatic heterocycles. The average Bonchev–Trinajstić information content (AvgIpc) is 3.49. The number of amides is 3. The minimum atomic E-state index is -0.750. The second-order valence-corrected chi connectivity index (χ2v) is 11.0. The molecule has 1 aliphatic carbocycles. The van der Waals surface area contributed by atoms with E-state index < -0.39 is 12.1 Å². The first-order chi connectivity index (χ1) is 16.9. The molecule has 1 aromatic rings. The third-order valence-corrected chi connectivity index (χ3v) is 8.62. The molecule has 0 aromatic heterocycles. The molecule has 1 saturated carbocycles. The third kappa shape index (κ3) is 4.68. The minimum Gasteiger partial charge on any atom is -0.369 e. The maximum atomic E-state index is 13.5. The summed E-state index contributed by atoms with van der Waals surface area (Å²) in [6.45, 7) is 2.27. The molecule has 1 aromatic carbocycles. The predicted molar refractivity (Wildman–Crippen MR) is 132 cm³/mol. The van der Waals surface area contributed by atoms with E-state index in [1.165, 1.54) is 0 Å². The summed E-state index contributed by atoms with van der Waals surface area (Å²) in [5.74, 6) is -0.374. The third-order valence-electron chi connectivity index (χ3n) is 8.08. The van der Waals surface area contributed by atoms with Gasteiger partial charge in [-0.05, 0) is 55.7 Å². The molecule has 35 heavy (non-hydrogen) atoms. The van der Waals surface area contributed by atoms with E-state index in [-0.39, 0.29) is 35.5 Å². The van der Waals surface area contributed by atoms with Crippen molar-refractivity contribution in [3.8, 4) is 6.07 Å². The van der Waals surface area contributed by atoms with Crippen molar-refractivity contribution in [1.82, 2.24) is 15.5 Å². The molecular formula is C25H29Cl2N5O3. The Labute approximate surface area is 214 Å². The number of carbonyl (C=O) groups is 3. The van der Waals surface area contributed by atoms with Crippen molar-refractivity contribution in [2.45, 2.75) is 44.2 Å². The van der Waals surface area contributed by atoms with Crippen LogP contribution in [0.1, 0.15) is 32.1 Å². The van der Waals surface area contributed by atoms with E-state index in [0.29, 0.717) is 55.0 Å². The maximum absolute atomic E-state index is 13.5. The Balaban J connectivity index is 1.25. The second kappa shape index (κ2) is 9.87. The number of hydrogen-bond acceptors (Lipinski definition) is 5. The van der Waals surface area contributed by atoms with Crippen LogP contribution in [0.2, 0.25) is 10.0 Å². The SMILES string of the molecule is N#C[C@H](C[C@@H]1CCNC1=O)NC(=O)C1C2CCCC2CN1C(=O)C1CN(c2ccc(Cl)cc2Cl)C1. The fourth-order valence-corrected chi connectivity index (χ4v) is 6.76. The fourth-order valence-electron chi connectivity index (χ4n) is 6.23. The van der Waals surface area contributed by atoms with Crippen molar-refractivity contribution >= 4 is 46.6 Å². The molecule has 3 saturated heterocycles. The number of nitrogens with zero attached hydrogens (tertiary/aromatic N) is 3. The van der Waals surface area contributed by atoms with Crippen molar-refractivity contribution < 1.29 is 14.4 Å². The van der Waals surface area contributed by atoms with Gasteiger partial charge in [0, 0.05) is 37.1 Å². The molecule has 0 radical (unpaired) electrons. The van der Waals surface area contributed by atoms with Crippen LogP contribution in [0.5, 0.6) is 0 Å². The molecule has 2 N–H and O–H groups in total. The Morgan fingerprint density at radius 1 is 1.20 bits per heavy atom. The van der Waals surface area contributed by atoms with Crippen LogP contribution in [0.4, 0.5) is 5.69 Å². The Morgan fingerprint density at radius 3 is 2.69 bits per heavy atom. The molecule has 5 rings (SSSR count). The number of nitrogens with one attached hydrogen (secondary N) is 2. The van der Waals surface area contributed by atoms with Crippen molar-refractivity contribution in [1.29, 1.82) is 5.26 Å². The highest BCUT2D eigenvalue weighted by molar-refractivity contribution is 6.36. The van der Waals surface area contributed by atoms with Crippen LogP contribution in [0.3, 0.4) is 0 Å². The topological polar surface area (TPSA) is 106 Å². The Bertz CT molecular complexity index is 1070. The standard InChI is InChI=1S/C25H29Cl2N5O3/c26-17-4-5-21(20(27)9-17)31-11-16(12-31)25(35)32-13-15-2-1-3-19(15)22(32)24(34)30-18(10-28)8-14-6-7-29-23(14)33/h4-5,9,14-16,18-19,22H,1-3,6-8,11-13H2,(H,29,33)(H,30,34)/t14-,15?,18-,19?,22?/m0/s1. The van der Waals surface area contributed by atoms with E-state index in [9.17, 15) is 19.6 Å². The van der Waals surface area contributed by atoms with Gasteiger partial charge < -0.3 is 20.4 Å². The van der Waals surface area contributed by atoms with Crippen LogP contribution in [-0.2, 0) is 14.4 Å². The number of likely N-dealkylation sites (tertiary alicyclic amines) is 1. The average molecular weight is 518 g/mol. The van der Waals surface area contributed by atoms with Crippen LogP contribution >= 0.6 is 23.2 Å². The van der Waals surface area contributed by atoms with Crippen LogP contribution < -0.4 is 15.5 Å². The summed E-state index contributed by atoms with van der Waals surface area (Å²) in [6, 6.07) is 6.16. The first kappa shape index (κ1) is 24.2. The van der Waals surface area contributed by atoms with Gasteiger partial charge in [0.1, 0.15) is 12.1 Å². The zero-order valence-electron chi connectivity index (χ0n) is 19.4. The van der Waals surface area contributed by atoms with Crippen molar-refractivity contribution in [2.75, 3.05) is 31.1 Å². The van der Waals surface area contributed by atoms with E-state index in [2.05, 4.69) is 16.7 Å². The van der Waals surface area contributed by atoms with Crippen molar-refractivity contribution in [3.05, 3.63) is 28.2 Å². The fraction of sp³-hybridized carbons (Fsp3) is 0.600. The van der Waals surface area contributed by atoms with E-state index in [1.54, 1.807) is 17.0 Å². The van der Waals surface area contributed by atoms with Gasteiger partial charge in [0.05, 0.1) is 22.7 Å². The highest BCUT2D eigenvalue weighted by atomic mass is 35.5. The quantitative estimate of drug-likeness (QED) is 0.603. The van der Waals surface area contributed by atoms with E-state index in [4.69, 9.17) is 23.2 Å². The highest BCUT2D eigenvalue weighted by Gasteiger charge is 2.51. The van der Waals surface area contributed by atoms with Gasteiger partial charge in [-0.15, -0.1) is 0 Å². The number of hydrogen-bond donors (Lipinski definition) is 2. The van der Waals surface area contributed by atoms with E-state index >= 15 is 0 Å². The van der Waals surface area contributed by atoms with Gasteiger partial charge in [-0.3, -0.25) is 14.4 Å². The minimum absolute atomic E-state index is 0.00966. The molecule has 8 nitrogen and oxygen atoms in total. The van der Waals surface area contributed by atoms with E-state index in [0.717, 1.165) is 24.9 Å². The summed E-state index contributed by atoms with van der Waals surface area (Å²) >= 11 is 12.3. The lowest BCUT2D eigenvalue weighted by Gasteiger charge is -2.43. The maximum Gasteiger partial charge on any atom is 0.244 e. The molecule has 10 heteroatoms. The molecule has 0 bridgehead atoms. The molecule has 4 fully saturated rings. The number of carbonyl (C=O) groups excluding carboxylic acids is 3. The number of benzene rings is 1. The van der Waals surface area contributed by atoms with Gasteiger partial charge in [-0.1, -0.05) is 29.6 Å². The second-order valence-electron chi connectivity index (χ2n) is 10.2. The summed E-state index contributed by atoms with van der Waals surface area (Å²) in [6.07, 6.45) is 3.94. The summed E-state index contributed by atoms with van der Waals surface area (Å²) in [4.78, 5) is 42.7. The molecule has 5 atom stereocenters. The number of anilines is 1. The lowest BCUT2D eigenvalue weighted by atomic mass is 9.92. The summed E-state index contributed by atoms with van der Waals surface area (Å²) in [7, 11) is 0. The lowest BCUT2D eigenvalue weighted by molar-refractivity contribution is -0.143. The van der Waals surface area contributed by atoms with Crippen LogP contribution in [0, 0.1) is 35.0 Å². The van der Waals surface area contributed by atoms with Crippen LogP contribution in [0.25, 0.3) is 0 Å². The first-order valence-corrected chi connectivity index (χ1v) is 13.1. The first-order valence-electron chi connectivity index (χ1n) is 12.3. The van der Waals surface area contributed by atoms with Crippen molar-refractivity contribution in [2.24, 2.45) is 23.7 Å². The van der Waals surface area contributed by atoms with Gasteiger partial charge in [0.25, 0.3) is 0 Å². The van der Waals surface area contributed by atoms with Crippen LogP contribution in [-0.4, -0.2) is 60.9 Å². The van der Waals surface area contributed by atoms with Gasteiger partial charge in [-0.2, -0.15) is 5.26 Å². The summed E-state index contributed by atoms with van der Waals surface area (Å²) < 4.78 is 0. The van der Waals surface area contributed by atoms with Gasteiger partial charge in [-0.25, -0.2) is 0 Å². The normalized spacial score (nSPS) is 28.8. The Hall–Kier alpha value is -2.50. The predicted octanol–water partition coefficient (Wildman–Crippen LogP) is 2.59. The van der Waals surface area contributed by atoms with Gasteiger partial charge in [0.2, 0.25) is 17.7 Å². The van der Waals surface area contributed by atoms with E-state index in [1.807, 2.05) is 11.0 Å². The smallest absolute Gasteiger partial charge is 0.244 e. The largest absolute Gasteiger partial charge is 0.369 e. The van der Waals surface area contributed by atoms with Crippen LogP contribution in [0.15, 0.2) is 18.2 Å². The number of rotatable bonds is 6. The molecule has 186 valence electrons. The number of nitriles is 1. The zero-order chi connectivity index (χ0) is 24.7. The Morgan fingerprint density at radius 2 is 2.00 bits per heavy atom. The molecule has 0 spiro atoms. The Kier molecular flexibility index (Phi) is 6.82. The summed E-state index contributed by atoms with van der Waals surface area (Å²) in [5.41, 5.74) is 0.848. The molecule has 3 unspecified atom stereocenters. The van der Waals surface area contributed by atoms with Gasteiger partial charge >= 0.3 is 0 Å². The lowest BCUT2D eigenvalue weighted by Crippen LogP contribution is -2.58. The summed E-state index contributed by atoms with van der Waals surface area (Å²) in [5, 5.41) is 16.4. The van der Waals surface area contributed by atoms with Gasteiger partial charge in [0.15, 0.2) is 0 Å². The molecule has 4 aliphatic rings. The highest BCUT2D eigenvalue weighted by Crippen LogP contribution is 2.43.